The summed E-state index contributed by atoms with van der Waals surface area (Å²) in [7, 11) is 3.05. The van der Waals surface area contributed by atoms with Gasteiger partial charge >= 0.3 is 6.09 Å². The van der Waals surface area contributed by atoms with E-state index in [1.165, 1.54) is 7.11 Å². The van der Waals surface area contributed by atoms with Crippen LogP contribution in [0.2, 0.25) is 0 Å². The third-order valence-electron chi connectivity index (χ3n) is 2.69. The minimum atomic E-state index is -0.248. The van der Waals surface area contributed by atoms with Gasteiger partial charge in [0.2, 0.25) is 0 Å². The molecule has 5 heteroatoms. The molecule has 0 unspecified atom stereocenters. The van der Waals surface area contributed by atoms with E-state index in [1.807, 2.05) is 0 Å². The molecule has 0 atom stereocenters. The Bertz CT molecular complexity index is 247. The Hall–Kier alpha value is -0.840. The van der Waals surface area contributed by atoms with Crippen LogP contribution in [0.1, 0.15) is 12.8 Å². The average molecular weight is 231 g/mol. The van der Waals surface area contributed by atoms with Crippen LogP contribution in [0.15, 0.2) is 11.2 Å². The molecular weight excluding hydrogens is 214 g/mol. The van der Waals surface area contributed by atoms with Crippen molar-refractivity contribution < 1.29 is 14.3 Å². The zero-order chi connectivity index (χ0) is 11.3. The number of likely N-dealkylation sites (tertiary alicyclic amines) is 1. The first-order valence-electron chi connectivity index (χ1n) is 4.94. The lowest BCUT2D eigenvalue weighted by Crippen LogP contribution is -2.38. The topological polar surface area (TPSA) is 38.8 Å². The molecule has 1 aliphatic rings. The molecule has 4 nitrogen and oxygen atoms in total. The van der Waals surface area contributed by atoms with Crippen LogP contribution < -0.4 is 0 Å². The van der Waals surface area contributed by atoms with Gasteiger partial charge in [0.25, 0.3) is 0 Å². The van der Waals surface area contributed by atoms with Gasteiger partial charge in [-0.3, -0.25) is 0 Å². The molecule has 0 aromatic heterocycles. The molecule has 0 bridgehead atoms. The summed E-state index contributed by atoms with van der Waals surface area (Å²) < 4.78 is 9.88. The largest absolute Gasteiger partial charge is 0.500 e. The third kappa shape index (κ3) is 3.06. The van der Waals surface area contributed by atoms with Crippen molar-refractivity contribution in [2.75, 3.05) is 27.3 Å². The molecule has 1 saturated heterocycles. The number of methoxy groups -OCH3 is 2. The number of carbonyl (C=O) groups is 1. The molecule has 1 amide bonds. The quantitative estimate of drug-likeness (QED) is 0.582. The summed E-state index contributed by atoms with van der Waals surface area (Å²) >= 11 is 4.10. The van der Waals surface area contributed by atoms with E-state index >= 15 is 0 Å². The monoisotopic (exact) mass is 231 g/mol. The molecule has 0 spiro atoms. The van der Waals surface area contributed by atoms with Crippen LogP contribution >= 0.6 is 12.6 Å². The standard InChI is InChI=1S/C10H17NO3S/c1-13-9(7-15)8-3-5-11(6-4-8)10(12)14-2/h7-8,15H,3-6H2,1-2H3/b9-7-. The number of hydrogen-bond donors (Lipinski definition) is 1. The molecular formula is C10H17NO3S. The number of rotatable bonds is 2. The predicted octanol–water partition coefficient (Wildman–Crippen LogP) is 1.88. The molecule has 0 saturated carbocycles. The number of hydrogen-bond acceptors (Lipinski definition) is 4. The molecule has 1 heterocycles. The van der Waals surface area contributed by atoms with E-state index < -0.39 is 0 Å². The Morgan fingerprint density at radius 3 is 2.33 bits per heavy atom. The molecule has 1 fully saturated rings. The summed E-state index contributed by atoms with van der Waals surface area (Å²) in [6.45, 7) is 1.43. The van der Waals surface area contributed by atoms with E-state index in [0.717, 1.165) is 18.6 Å². The van der Waals surface area contributed by atoms with Crippen LogP contribution in [0.5, 0.6) is 0 Å². The van der Waals surface area contributed by atoms with Crippen molar-refractivity contribution in [2.45, 2.75) is 12.8 Å². The predicted molar refractivity (Wildman–Crippen MR) is 60.8 cm³/mol. The maximum absolute atomic E-state index is 11.2. The first-order chi connectivity index (χ1) is 7.22. The molecule has 0 aromatic carbocycles. The maximum Gasteiger partial charge on any atom is 0.409 e. The van der Waals surface area contributed by atoms with E-state index in [2.05, 4.69) is 17.4 Å². The van der Waals surface area contributed by atoms with Gasteiger partial charge in [-0.2, -0.15) is 0 Å². The van der Waals surface area contributed by atoms with Crippen LogP contribution in [-0.4, -0.2) is 38.3 Å². The summed E-state index contributed by atoms with van der Waals surface area (Å²) in [5, 5.41) is 1.69. The Kier molecular flexibility index (Phi) is 4.81. The third-order valence-corrected chi connectivity index (χ3v) is 2.95. The number of carbonyl (C=O) groups excluding carboxylic acids is 1. The van der Waals surface area contributed by atoms with Gasteiger partial charge in [0.15, 0.2) is 0 Å². The Morgan fingerprint density at radius 1 is 1.33 bits per heavy atom. The van der Waals surface area contributed by atoms with Gasteiger partial charge in [-0.15, -0.1) is 12.6 Å². The smallest absolute Gasteiger partial charge is 0.409 e. The van der Waals surface area contributed by atoms with Crippen molar-refractivity contribution in [1.82, 2.24) is 4.90 Å². The van der Waals surface area contributed by atoms with Crippen molar-refractivity contribution in [2.24, 2.45) is 5.92 Å². The summed E-state index contributed by atoms with van der Waals surface area (Å²) in [5.74, 6) is 1.26. The number of piperidine rings is 1. The fourth-order valence-corrected chi connectivity index (χ4v) is 2.12. The van der Waals surface area contributed by atoms with Gasteiger partial charge in [0, 0.05) is 24.4 Å². The lowest BCUT2D eigenvalue weighted by atomic mass is 9.95. The number of amides is 1. The fraction of sp³-hybridized carbons (Fsp3) is 0.700. The maximum atomic E-state index is 11.2. The van der Waals surface area contributed by atoms with E-state index in [1.54, 1.807) is 17.4 Å². The summed E-state index contributed by atoms with van der Waals surface area (Å²) in [6.07, 6.45) is 1.55. The van der Waals surface area contributed by atoms with Gasteiger partial charge < -0.3 is 14.4 Å². The first-order valence-corrected chi connectivity index (χ1v) is 5.45. The van der Waals surface area contributed by atoms with Crippen molar-refractivity contribution in [3.8, 4) is 0 Å². The lowest BCUT2D eigenvalue weighted by Gasteiger charge is -2.31. The second kappa shape index (κ2) is 5.90. The number of ether oxygens (including phenoxy) is 2. The second-order valence-electron chi connectivity index (χ2n) is 3.47. The zero-order valence-corrected chi connectivity index (χ0v) is 10.00. The van der Waals surface area contributed by atoms with Crippen LogP contribution in [0.4, 0.5) is 4.79 Å². The molecule has 1 aliphatic heterocycles. The van der Waals surface area contributed by atoms with Gasteiger partial charge in [-0.1, -0.05) is 0 Å². The molecule has 0 N–H and O–H groups in total. The van der Waals surface area contributed by atoms with Gasteiger partial charge in [0.05, 0.1) is 14.2 Å². The number of thiol groups is 1. The van der Waals surface area contributed by atoms with E-state index in [0.29, 0.717) is 19.0 Å². The Morgan fingerprint density at radius 2 is 1.93 bits per heavy atom. The Balaban J connectivity index is 2.45. The first kappa shape index (κ1) is 12.2. The number of nitrogens with zero attached hydrogens (tertiary/aromatic N) is 1. The molecule has 0 aliphatic carbocycles. The lowest BCUT2D eigenvalue weighted by molar-refractivity contribution is 0.101. The van der Waals surface area contributed by atoms with E-state index in [9.17, 15) is 4.79 Å². The highest BCUT2D eigenvalue weighted by molar-refractivity contribution is 7.83. The van der Waals surface area contributed by atoms with Crippen LogP contribution in [0, 0.1) is 5.92 Å². The Labute approximate surface area is 95.6 Å². The van der Waals surface area contributed by atoms with Crippen LogP contribution in [0.25, 0.3) is 0 Å². The highest BCUT2D eigenvalue weighted by Crippen LogP contribution is 2.25. The fourth-order valence-electron chi connectivity index (χ4n) is 1.80. The van der Waals surface area contributed by atoms with E-state index in [4.69, 9.17) is 4.74 Å². The molecule has 15 heavy (non-hydrogen) atoms. The van der Waals surface area contributed by atoms with Crippen LogP contribution in [0.3, 0.4) is 0 Å². The van der Waals surface area contributed by atoms with Gasteiger partial charge in [-0.05, 0) is 12.8 Å². The summed E-state index contributed by atoms with van der Waals surface area (Å²) in [4.78, 5) is 12.9. The minimum absolute atomic E-state index is 0.248. The zero-order valence-electron chi connectivity index (χ0n) is 9.10. The SMILES string of the molecule is COC(=O)N1CCC(/C(=C/S)OC)CC1. The normalized spacial score (nSPS) is 18.9. The van der Waals surface area contributed by atoms with E-state index in [-0.39, 0.29) is 6.09 Å². The van der Waals surface area contributed by atoms with Gasteiger partial charge in [0.1, 0.15) is 5.76 Å². The highest BCUT2D eigenvalue weighted by Gasteiger charge is 2.25. The minimum Gasteiger partial charge on any atom is -0.500 e. The van der Waals surface area contributed by atoms with Crippen molar-refractivity contribution >= 4 is 18.7 Å². The molecule has 86 valence electrons. The van der Waals surface area contributed by atoms with Crippen molar-refractivity contribution in [3.05, 3.63) is 11.2 Å². The van der Waals surface area contributed by atoms with Crippen LogP contribution in [-0.2, 0) is 9.47 Å². The highest BCUT2D eigenvalue weighted by atomic mass is 32.1. The number of allylic oxidation sites excluding steroid dienone is 1. The second-order valence-corrected chi connectivity index (χ2v) is 3.73. The molecule has 1 rings (SSSR count). The van der Waals surface area contributed by atoms with Crippen molar-refractivity contribution in [1.29, 1.82) is 0 Å². The van der Waals surface area contributed by atoms with Crippen molar-refractivity contribution in [3.63, 3.8) is 0 Å². The summed E-state index contributed by atoms with van der Waals surface area (Å²) in [6, 6.07) is 0. The molecule has 0 radical (unpaired) electrons. The summed E-state index contributed by atoms with van der Waals surface area (Å²) in [5.41, 5.74) is 0. The van der Waals surface area contributed by atoms with Gasteiger partial charge in [-0.25, -0.2) is 4.79 Å². The molecule has 0 aromatic rings. The average Bonchev–Trinajstić information content (AvgIpc) is 2.30.